The normalized spacial score (nSPS) is 19.6. The lowest BCUT2D eigenvalue weighted by molar-refractivity contribution is 0.340. The number of pyridine rings is 1. The highest BCUT2D eigenvalue weighted by Gasteiger charge is 2.37. The molecule has 136 valence electrons. The fourth-order valence-corrected chi connectivity index (χ4v) is 3.12. The van der Waals surface area contributed by atoms with E-state index < -0.39 is 23.8 Å². The molecule has 1 aromatic heterocycles. The number of anilines is 1. The van der Waals surface area contributed by atoms with E-state index in [1.165, 1.54) is 17.2 Å². The van der Waals surface area contributed by atoms with Crippen LogP contribution in [0.5, 0.6) is 0 Å². The summed E-state index contributed by atoms with van der Waals surface area (Å²) in [5.74, 6) is -1.47. The Morgan fingerprint density at radius 1 is 1.38 bits per heavy atom. The van der Waals surface area contributed by atoms with Crippen molar-refractivity contribution < 1.29 is 13.2 Å². The first kappa shape index (κ1) is 17.8. The average Bonchev–Trinajstić information content (AvgIpc) is 3.00. The van der Waals surface area contributed by atoms with Gasteiger partial charge in [0.25, 0.3) is 0 Å². The Kier molecular flexibility index (Phi) is 4.88. The minimum Gasteiger partial charge on any atom is -0.383 e. The number of nitrogens with two attached hydrogens (primary N) is 1. The Bertz CT molecular complexity index is 860. The number of nitrogens with one attached hydrogen (secondary N) is 1. The number of nitrogens with zero attached hydrogens (tertiary/aromatic N) is 3. The molecule has 0 aliphatic carbocycles. The van der Waals surface area contributed by atoms with Gasteiger partial charge in [0.2, 0.25) is 0 Å². The SMILES string of the molecule is N=C(c1cc(CN=O)cnc1N)N1C[C@@H](F)C[C@@H]1c1cc(F)ccc1F. The monoisotopic (exact) mass is 363 g/mol. The number of rotatable bonds is 4. The van der Waals surface area contributed by atoms with Gasteiger partial charge in [-0.1, -0.05) is 5.18 Å². The molecule has 3 rings (SSSR count). The molecule has 0 spiro atoms. The number of hydrogen-bond acceptors (Lipinski definition) is 5. The van der Waals surface area contributed by atoms with Gasteiger partial charge in [-0.15, -0.1) is 0 Å². The zero-order valence-electron chi connectivity index (χ0n) is 13.6. The number of likely N-dealkylation sites (tertiary alicyclic amines) is 1. The summed E-state index contributed by atoms with van der Waals surface area (Å²) in [5.41, 5.74) is 6.42. The highest BCUT2D eigenvalue weighted by Crippen LogP contribution is 2.36. The number of amidine groups is 1. The van der Waals surface area contributed by atoms with Crippen LogP contribution in [0, 0.1) is 22.0 Å². The maximum Gasteiger partial charge on any atom is 0.134 e. The predicted molar refractivity (Wildman–Crippen MR) is 90.3 cm³/mol. The molecule has 0 radical (unpaired) electrons. The van der Waals surface area contributed by atoms with Crippen LogP contribution in [0.1, 0.15) is 29.2 Å². The van der Waals surface area contributed by atoms with E-state index in [-0.39, 0.29) is 42.3 Å². The van der Waals surface area contributed by atoms with Gasteiger partial charge in [-0.25, -0.2) is 18.2 Å². The van der Waals surface area contributed by atoms with E-state index in [0.29, 0.717) is 5.56 Å². The number of benzene rings is 1. The molecule has 0 unspecified atom stereocenters. The third kappa shape index (κ3) is 3.37. The Morgan fingerprint density at radius 3 is 2.88 bits per heavy atom. The van der Waals surface area contributed by atoms with Crippen LogP contribution >= 0.6 is 0 Å². The first-order chi connectivity index (χ1) is 12.4. The lowest BCUT2D eigenvalue weighted by Gasteiger charge is -2.28. The van der Waals surface area contributed by atoms with Gasteiger partial charge < -0.3 is 10.6 Å². The molecule has 1 saturated heterocycles. The van der Waals surface area contributed by atoms with Crippen LogP contribution in [0.15, 0.2) is 35.6 Å². The number of nitroso groups, excluding NO2 is 1. The van der Waals surface area contributed by atoms with E-state index >= 15 is 0 Å². The summed E-state index contributed by atoms with van der Waals surface area (Å²) in [6.45, 7) is -0.309. The van der Waals surface area contributed by atoms with Crippen molar-refractivity contribution in [2.75, 3.05) is 12.3 Å². The van der Waals surface area contributed by atoms with Crippen molar-refractivity contribution in [2.45, 2.75) is 25.2 Å². The molecule has 26 heavy (non-hydrogen) atoms. The summed E-state index contributed by atoms with van der Waals surface area (Å²) in [7, 11) is 0. The molecule has 1 aliphatic heterocycles. The number of aromatic nitrogens is 1. The molecule has 0 bridgehead atoms. The molecule has 0 saturated carbocycles. The number of alkyl halides is 1. The third-order valence-electron chi connectivity index (χ3n) is 4.33. The minimum absolute atomic E-state index is 0.0189. The molecule has 3 N–H and O–H groups in total. The maximum absolute atomic E-state index is 14.2. The molecule has 2 atom stereocenters. The van der Waals surface area contributed by atoms with Crippen molar-refractivity contribution in [3.8, 4) is 0 Å². The van der Waals surface area contributed by atoms with E-state index in [1.54, 1.807) is 0 Å². The average molecular weight is 363 g/mol. The van der Waals surface area contributed by atoms with Crippen molar-refractivity contribution in [1.82, 2.24) is 9.88 Å². The number of nitrogen functional groups attached to an aromatic ring is 1. The van der Waals surface area contributed by atoms with Gasteiger partial charge in [0.1, 0.15) is 36.0 Å². The predicted octanol–water partition coefficient (Wildman–Crippen LogP) is 3.32. The summed E-state index contributed by atoms with van der Waals surface area (Å²) < 4.78 is 41.8. The van der Waals surface area contributed by atoms with Crippen molar-refractivity contribution in [3.05, 3.63) is 63.7 Å². The minimum atomic E-state index is -1.31. The van der Waals surface area contributed by atoms with Crippen LogP contribution in [0.2, 0.25) is 0 Å². The molecular formula is C17H16F3N5O. The zero-order valence-corrected chi connectivity index (χ0v) is 13.6. The van der Waals surface area contributed by atoms with Gasteiger partial charge >= 0.3 is 0 Å². The molecule has 9 heteroatoms. The quantitative estimate of drug-likeness (QED) is 0.495. The van der Waals surface area contributed by atoms with Gasteiger partial charge in [0.05, 0.1) is 18.2 Å². The topological polar surface area (TPSA) is 95.4 Å². The van der Waals surface area contributed by atoms with E-state index in [0.717, 1.165) is 18.2 Å². The van der Waals surface area contributed by atoms with E-state index in [4.69, 9.17) is 11.1 Å². The molecule has 6 nitrogen and oxygen atoms in total. The van der Waals surface area contributed by atoms with Crippen molar-refractivity contribution in [1.29, 1.82) is 5.41 Å². The largest absolute Gasteiger partial charge is 0.383 e. The Morgan fingerprint density at radius 2 is 2.15 bits per heavy atom. The Labute approximate surface area is 147 Å². The van der Waals surface area contributed by atoms with E-state index in [2.05, 4.69) is 10.2 Å². The molecule has 1 aromatic carbocycles. The lowest BCUT2D eigenvalue weighted by atomic mass is 10.0. The third-order valence-corrected chi connectivity index (χ3v) is 4.33. The maximum atomic E-state index is 14.2. The van der Waals surface area contributed by atoms with Gasteiger partial charge in [-0.05, 0) is 29.8 Å². The molecular weight excluding hydrogens is 347 g/mol. The fourth-order valence-electron chi connectivity index (χ4n) is 3.12. The summed E-state index contributed by atoms with van der Waals surface area (Å²) in [6.07, 6.45) is -0.0257. The van der Waals surface area contributed by atoms with Gasteiger partial charge in [-0.3, -0.25) is 5.41 Å². The van der Waals surface area contributed by atoms with Crippen molar-refractivity contribution >= 4 is 11.7 Å². The molecule has 0 amide bonds. The Balaban J connectivity index is 1.98. The van der Waals surface area contributed by atoms with Gasteiger partial charge in [0.15, 0.2) is 0 Å². The van der Waals surface area contributed by atoms with Crippen molar-refractivity contribution in [3.63, 3.8) is 0 Å². The Hall–Kier alpha value is -2.97. The molecule has 2 heterocycles. The van der Waals surface area contributed by atoms with Gasteiger partial charge in [0, 0.05) is 18.2 Å². The summed E-state index contributed by atoms with van der Waals surface area (Å²) in [6, 6.07) is 3.59. The van der Waals surface area contributed by atoms with Crippen LogP contribution in [-0.2, 0) is 6.54 Å². The summed E-state index contributed by atoms with van der Waals surface area (Å²) >= 11 is 0. The van der Waals surface area contributed by atoms with E-state index in [1.807, 2.05) is 0 Å². The van der Waals surface area contributed by atoms with Crippen molar-refractivity contribution in [2.24, 2.45) is 5.18 Å². The smallest absolute Gasteiger partial charge is 0.134 e. The molecule has 1 aliphatic rings. The van der Waals surface area contributed by atoms with Crippen LogP contribution in [-0.4, -0.2) is 28.4 Å². The second-order valence-electron chi connectivity index (χ2n) is 6.08. The number of hydrogen-bond donors (Lipinski definition) is 2. The highest BCUT2D eigenvalue weighted by molar-refractivity contribution is 6.00. The van der Waals surface area contributed by atoms with Crippen LogP contribution in [0.4, 0.5) is 19.0 Å². The highest BCUT2D eigenvalue weighted by atomic mass is 19.1. The zero-order chi connectivity index (χ0) is 18.8. The molecule has 1 fully saturated rings. The van der Waals surface area contributed by atoms with E-state index in [9.17, 15) is 18.1 Å². The van der Waals surface area contributed by atoms with Gasteiger partial charge in [-0.2, -0.15) is 4.91 Å². The summed E-state index contributed by atoms with van der Waals surface area (Å²) in [5, 5.41) is 11.2. The fraction of sp³-hybridized carbons (Fsp3) is 0.294. The lowest BCUT2D eigenvalue weighted by Crippen LogP contribution is -2.32. The first-order valence-corrected chi connectivity index (χ1v) is 7.88. The molecule has 2 aromatic rings. The first-order valence-electron chi connectivity index (χ1n) is 7.88. The number of halogens is 3. The summed E-state index contributed by atoms with van der Waals surface area (Å²) in [4.78, 5) is 15.7. The van der Waals surface area contributed by atoms with Crippen LogP contribution in [0.25, 0.3) is 0 Å². The van der Waals surface area contributed by atoms with Crippen LogP contribution < -0.4 is 5.73 Å². The standard InChI is InChI=1S/C17H16F3N5O/c18-10-1-2-14(20)12(4-10)15-5-11(19)8-25(15)17(22)13-3-9(7-24-26)6-23-16(13)21/h1-4,6,11,15,22H,5,7-8H2,(H2,21,23)/t11-,15+/m0/s1. The van der Waals surface area contributed by atoms with Crippen LogP contribution in [0.3, 0.4) is 0 Å². The second-order valence-corrected chi connectivity index (χ2v) is 6.08. The second kappa shape index (κ2) is 7.11.